The third kappa shape index (κ3) is 4.53. The van der Waals surface area contributed by atoms with Gasteiger partial charge in [0.15, 0.2) is 0 Å². The van der Waals surface area contributed by atoms with Crippen molar-refractivity contribution in [1.29, 1.82) is 0 Å². The predicted octanol–water partition coefficient (Wildman–Crippen LogP) is 7.21. The summed E-state index contributed by atoms with van der Waals surface area (Å²) < 4.78 is 0. The molecule has 2 heterocycles. The van der Waals surface area contributed by atoms with Crippen LogP contribution >= 0.6 is 0 Å². The number of hydrogen-bond donors (Lipinski definition) is 5. The number of allylic oxidation sites excluding steroid dienone is 2. The van der Waals surface area contributed by atoms with Crippen LogP contribution < -0.4 is 0 Å². The van der Waals surface area contributed by atoms with Gasteiger partial charge in [-0.25, -0.2) is 0 Å². The molecule has 2 atom stereocenters. The first-order valence-corrected chi connectivity index (χ1v) is 12.2. The van der Waals surface area contributed by atoms with E-state index in [1.165, 1.54) is 5.56 Å². The third-order valence-electron chi connectivity index (χ3n) is 6.83. The second-order valence-corrected chi connectivity index (χ2v) is 9.11. The van der Waals surface area contributed by atoms with Crippen LogP contribution in [0, 0.1) is 0 Å². The fraction of sp³-hybridized carbons (Fsp3) is 0.161. The van der Waals surface area contributed by atoms with E-state index in [0.717, 1.165) is 46.0 Å². The van der Waals surface area contributed by atoms with Crippen LogP contribution in [0.1, 0.15) is 48.5 Å². The highest BCUT2D eigenvalue weighted by molar-refractivity contribution is 5.90. The molecule has 3 aromatic carbocycles. The topological polar surface area (TPSA) is 92.3 Å². The van der Waals surface area contributed by atoms with Gasteiger partial charge in [-0.2, -0.15) is 0 Å². The summed E-state index contributed by atoms with van der Waals surface area (Å²) in [7, 11) is 0. The summed E-state index contributed by atoms with van der Waals surface area (Å²) in [4.78, 5) is 6.30. The third-order valence-corrected chi connectivity index (χ3v) is 6.83. The molecule has 2 aromatic heterocycles. The average Bonchev–Trinajstić information content (AvgIpc) is 3.56. The Kier molecular flexibility index (Phi) is 6.65. The Balaban J connectivity index is 0.000000148. The maximum Gasteiger partial charge on any atom is 0.125 e. The van der Waals surface area contributed by atoms with Crippen LogP contribution in [-0.4, -0.2) is 25.3 Å². The normalized spacial score (nSPS) is 14.8. The predicted molar refractivity (Wildman–Crippen MR) is 145 cm³/mol. The number of aliphatic hydroxyl groups excluding tert-OH is 1. The number of phenolic OH excluding ortho intramolecular Hbond substituents is 2. The second-order valence-electron chi connectivity index (χ2n) is 9.11. The number of aromatic nitrogens is 2. The van der Waals surface area contributed by atoms with Crippen molar-refractivity contribution in [2.24, 2.45) is 0 Å². The lowest BCUT2D eigenvalue weighted by Gasteiger charge is -2.14. The number of nitrogens with one attached hydrogen (secondary N) is 2. The Morgan fingerprint density at radius 3 is 1.94 bits per heavy atom. The summed E-state index contributed by atoms with van der Waals surface area (Å²) in [6.07, 6.45) is 11.1. The molecule has 5 aromatic rings. The van der Waals surface area contributed by atoms with Gasteiger partial charge in [0, 0.05) is 45.7 Å². The van der Waals surface area contributed by atoms with Crippen LogP contribution in [0.5, 0.6) is 11.5 Å². The zero-order valence-electron chi connectivity index (χ0n) is 20.1. The van der Waals surface area contributed by atoms with E-state index in [1.807, 2.05) is 54.7 Å². The number of rotatable bonds is 4. The summed E-state index contributed by atoms with van der Waals surface area (Å²) in [5.41, 5.74) is 5.82. The molecule has 5 heteroatoms. The molecule has 1 aliphatic rings. The molecule has 0 fully saturated rings. The first-order chi connectivity index (χ1) is 17.5. The number of aromatic hydroxyl groups is 2. The van der Waals surface area contributed by atoms with Gasteiger partial charge in [-0.1, -0.05) is 67.6 Å². The summed E-state index contributed by atoms with van der Waals surface area (Å²) in [5.74, 6) is 0.794. The lowest BCUT2D eigenvalue weighted by molar-refractivity contribution is 0.220. The molecule has 2 unspecified atom stereocenters. The molecule has 1 aliphatic carbocycles. The zero-order chi connectivity index (χ0) is 25.1. The van der Waals surface area contributed by atoms with Gasteiger partial charge < -0.3 is 25.3 Å². The second kappa shape index (κ2) is 10.2. The largest absolute Gasteiger partial charge is 0.507 e. The number of phenols is 2. The van der Waals surface area contributed by atoms with Crippen LogP contribution in [-0.2, 0) is 0 Å². The van der Waals surface area contributed by atoms with Crippen molar-refractivity contribution in [2.45, 2.75) is 31.8 Å². The summed E-state index contributed by atoms with van der Waals surface area (Å²) >= 11 is 0. The minimum Gasteiger partial charge on any atom is -0.507 e. The molecule has 0 saturated carbocycles. The first-order valence-electron chi connectivity index (χ1n) is 12.2. The molecular formula is C31H30N2O3. The van der Waals surface area contributed by atoms with E-state index in [-0.39, 0.29) is 11.7 Å². The Bertz CT molecular complexity index is 1540. The van der Waals surface area contributed by atoms with Crippen molar-refractivity contribution in [1.82, 2.24) is 9.97 Å². The van der Waals surface area contributed by atoms with Crippen molar-refractivity contribution in [3.05, 3.63) is 120 Å². The molecule has 5 nitrogen and oxygen atoms in total. The minimum atomic E-state index is -0.691. The smallest absolute Gasteiger partial charge is 0.125 e. The standard InChI is InChI=1S/C16H15NO.C15H15NO2/c1-11(12-6-3-2-4-7-12)13-10-17-14-8-5-9-15(18)16(13)14;17-13-8-4-7-12-14(13)11(9-16-12)15(18)10-5-2-1-3-6-10/h2-11,17-18H,1H3;2,4-9,15-18H,1,3H2. The lowest BCUT2D eigenvalue weighted by atomic mass is 9.93. The molecular weight excluding hydrogens is 448 g/mol. The van der Waals surface area contributed by atoms with Crippen LogP contribution in [0.2, 0.25) is 0 Å². The highest BCUT2D eigenvalue weighted by Gasteiger charge is 2.19. The molecule has 6 rings (SSSR count). The SMILES string of the molecule is CC(c1ccccc1)c1c[nH]c2cccc(O)c12.Oc1cccc2[nH]cc(C(O)C3=CCCC=C3)c12. The molecule has 5 N–H and O–H groups in total. The number of hydrogen-bond acceptors (Lipinski definition) is 3. The van der Waals surface area contributed by atoms with Crippen molar-refractivity contribution in [3.8, 4) is 11.5 Å². The van der Waals surface area contributed by atoms with Crippen LogP contribution in [0.3, 0.4) is 0 Å². The average molecular weight is 479 g/mol. The molecule has 0 aliphatic heterocycles. The fourth-order valence-corrected chi connectivity index (χ4v) is 4.88. The van der Waals surface area contributed by atoms with Crippen molar-refractivity contribution in [3.63, 3.8) is 0 Å². The number of benzene rings is 3. The van der Waals surface area contributed by atoms with E-state index in [2.05, 4.69) is 35.1 Å². The van der Waals surface area contributed by atoms with Gasteiger partial charge in [0.05, 0.1) is 0 Å². The van der Waals surface area contributed by atoms with E-state index in [9.17, 15) is 15.3 Å². The molecule has 0 saturated heterocycles. The van der Waals surface area contributed by atoms with E-state index in [1.54, 1.807) is 24.4 Å². The summed E-state index contributed by atoms with van der Waals surface area (Å²) in [6, 6.07) is 21.2. The highest BCUT2D eigenvalue weighted by atomic mass is 16.3. The summed E-state index contributed by atoms with van der Waals surface area (Å²) in [5, 5.41) is 32.0. The van der Waals surface area contributed by atoms with Gasteiger partial charge in [-0.05, 0) is 53.8 Å². The molecule has 0 radical (unpaired) electrons. The molecule has 182 valence electrons. The quantitative estimate of drug-likeness (QED) is 0.189. The van der Waals surface area contributed by atoms with Gasteiger partial charge in [0.25, 0.3) is 0 Å². The molecule has 0 amide bonds. The lowest BCUT2D eigenvalue weighted by Crippen LogP contribution is -2.01. The number of aromatic amines is 2. The Morgan fingerprint density at radius 2 is 1.33 bits per heavy atom. The monoisotopic (exact) mass is 478 g/mol. The zero-order valence-corrected chi connectivity index (χ0v) is 20.1. The maximum absolute atomic E-state index is 10.4. The van der Waals surface area contributed by atoms with Crippen LogP contribution in [0.25, 0.3) is 21.8 Å². The first kappa shape index (κ1) is 23.5. The number of fused-ring (bicyclic) bond motifs is 2. The van der Waals surface area contributed by atoms with Crippen molar-refractivity contribution < 1.29 is 15.3 Å². The fourth-order valence-electron chi connectivity index (χ4n) is 4.88. The Morgan fingerprint density at radius 1 is 0.722 bits per heavy atom. The molecule has 0 bridgehead atoms. The Labute approximate surface area is 210 Å². The van der Waals surface area contributed by atoms with Crippen molar-refractivity contribution in [2.75, 3.05) is 0 Å². The minimum absolute atomic E-state index is 0.197. The summed E-state index contributed by atoms with van der Waals surface area (Å²) in [6.45, 7) is 2.16. The van der Waals surface area contributed by atoms with Gasteiger partial charge >= 0.3 is 0 Å². The molecule has 0 spiro atoms. The number of aliphatic hydroxyl groups is 1. The number of H-pyrrole nitrogens is 2. The van der Waals surface area contributed by atoms with Crippen molar-refractivity contribution >= 4 is 21.8 Å². The highest BCUT2D eigenvalue weighted by Crippen LogP contribution is 2.36. The van der Waals surface area contributed by atoms with Crippen LogP contribution in [0.4, 0.5) is 0 Å². The Hall–Kier alpha value is -4.22. The van der Waals surface area contributed by atoms with Gasteiger partial charge in [-0.3, -0.25) is 0 Å². The van der Waals surface area contributed by atoms with E-state index >= 15 is 0 Å². The van der Waals surface area contributed by atoms with E-state index < -0.39 is 6.10 Å². The maximum atomic E-state index is 10.4. The van der Waals surface area contributed by atoms with Gasteiger partial charge in [-0.15, -0.1) is 0 Å². The van der Waals surface area contributed by atoms with Gasteiger partial charge in [0.2, 0.25) is 0 Å². The molecule has 36 heavy (non-hydrogen) atoms. The van der Waals surface area contributed by atoms with E-state index in [0.29, 0.717) is 11.1 Å². The van der Waals surface area contributed by atoms with Gasteiger partial charge in [0.1, 0.15) is 17.6 Å². The van der Waals surface area contributed by atoms with E-state index in [4.69, 9.17) is 0 Å². The van der Waals surface area contributed by atoms with Crippen LogP contribution in [0.15, 0.2) is 103 Å².